The van der Waals surface area contributed by atoms with Gasteiger partial charge in [-0.3, -0.25) is 9.58 Å². The quantitative estimate of drug-likeness (QED) is 0.827. The first kappa shape index (κ1) is 16.6. The lowest BCUT2D eigenvalue weighted by molar-refractivity contribution is 0.0667. The zero-order chi connectivity index (χ0) is 16.5. The maximum atomic E-state index is 5.56. The van der Waals surface area contributed by atoms with E-state index in [0.717, 1.165) is 37.6 Å². The minimum Gasteiger partial charge on any atom is -0.381 e. The lowest BCUT2D eigenvalue weighted by Crippen LogP contribution is -2.50. The van der Waals surface area contributed by atoms with Gasteiger partial charge in [-0.05, 0) is 57.6 Å². The number of piperidine rings is 1. The number of aromatic nitrogens is 2. The summed E-state index contributed by atoms with van der Waals surface area (Å²) in [6.45, 7) is 11.5. The molecule has 4 heterocycles. The summed E-state index contributed by atoms with van der Waals surface area (Å²) in [4.78, 5) is 5.51. The lowest BCUT2D eigenvalue weighted by atomic mass is 9.91. The van der Waals surface area contributed by atoms with Crippen LogP contribution in [0.15, 0.2) is 18.5 Å². The number of hydrogen-bond donors (Lipinski definition) is 0. The highest BCUT2D eigenvalue weighted by Crippen LogP contribution is 2.38. The van der Waals surface area contributed by atoms with Gasteiger partial charge in [-0.1, -0.05) is 0 Å². The molecule has 1 aromatic heterocycles. The van der Waals surface area contributed by atoms with E-state index in [1.165, 1.54) is 38.9 Å². The second-order valence-corrected chi connectivity index (χ2v) is 8.26. The highest BCUT2D eigenvalue weighted by Gasteiger charge is 2.45. The van der Waals surface area contributed by atoms with Crippen LogP contribution in [-0.2, 0) is 11.3 Å². The van der Waals surface area contributed by atoms with Gasteiger partial charge in [0.25, 0.3) is 0 Å². The monoisotopic (exact) mass is 332 g/mol. The zero-order valence-corrected chi connectivity index (χ0v) is 15.2. The van der Waals surface area contributed by atoms with Gasteiger partial charge in [-0.2, -0.15) is 5.10 Å². The third-order valence-electron chi connectivity index (χ3n) is 6.25. The molecule has 1 aromatic rings. The smallest absolute Gasteiger partial charge is 0.0565 e. The molecule has 0 spiro atoms. The van der Waals surface area contributed by atoms with Gasteiger partial charge in [-0.15, -0.1) is 0 Å². The van der Waals surface area contributed by atoms with E-state index in [4.69, 9.17) is 4.74 Å². The van der Waals surface area contributed by atoms with Crippen LogP contribution in [0.4, 0.5) is 0 Å². The molecule has 5 nitrogen and oxygen atoms in total. The Kier molecular flexibility index (Phi) is 4.93. The average Bonchev–Trinajstić information content (AvgIpc) is 3.27. The molecule has 3 saturated heterocycles. The van der Waals surface area contributed by atoms with Crippen molar-refractivity contribution in [1.82, 2.24) is 19.6 Å². The average molecular weight is 332 g/mol. The van der Waals surface area contributed by atoms with Crippen molar-refractivity contribution in [2.24, 2.45) is 11.8 Å². The van der Waals surface area contributed by atoms with Gasteiger partial charge in [0, 0.05) is 50.2 Å². The largest absolute Gasteiger partial charge is 0.381 e. The predicted molar refractivity (Wildman–Crippen MR) is 94.9 cm³/mol. The SMILES string of the molecule is CC(C)N1[C@H](Cn2cccn2)C[C@@H]2CN(CC3CCOC3)CC[C@@H]21. The fourth-order valence-electron chi connectivity index (χ4n) is 5.32. The maximum Gasteiger partial charge on any atom is 0.0565 e. The van der Waals surface area contributed by atoms with E-state index < -0.39 is 0 Å². The van der Waals surface area contributed by atoms with Crippen LogP contribution < -0.4 is 0 Å². The maximum absolute atomic E-state index is 5.56. The van der Waals surface area contributed by atoms with E-state index in [1.807, 2.05) is 12.3 Å². The zero-order valence-electron chi connectivity index (χ0n) is 15.2. The Morgan fingerprint density at radius 1 is 1.25 bits per heavy atom. The van der Waals surface area contributed by atoms with Crippen LogP contribution in [0.3, 0.4) is 0 Å². The Balaban J connectivity index is 1.40. The van der Waals surface area contributed by atoms with Crippen LogP contribution in [0.1, 0.15) is 33.1 Å². The molecule has 134 valence electrons. The van der Waals surface area contributed by atoms with Gasteiger partial charge in [0.2, 0.25) is 0 Å². The van der Waals surface area contributed by atoms with E-state index in [0.29, 0.717) is 12.1 Å². The van der Waals surface area contributed by atoms with Crippen molar-refractivity contribution in [2.45, 2.75) is 57.8 Å². The van der Waals surface area contributed by atoms with Crippen molar-refractivity contribution in [3.8, 4) is 0 Å². The Morgan fingerprint density at radius 2 is 2.17 bits per heavy atom. The number of hydrogen-bond acceptors (Lipinski definition) is 4. The van der Waals surface area contributed by atoms with Gasteiger partial charge in [0.15, 0.2) is 0 Å². The molecule has 0 aliphatic carbocycles. The number of rotatable bonds is 5. The lowest BCUT2D eigenvalue weighted by Gasteiger charge is -2.41. The predicted octanol–water partition coefficient (Wildman–Crippen LogP) is 2.09. The molecular weight excluding hydrogens is 300 g/mol. The van der Waals surface area contributed by atoms with Gasteiger partial charge in [-0.25, -0.2) is 0 Å². The topological polar surface area (TPSA) is 33.5 Å². The molecule has 0 saturated carbocycles. The number of fused-ring (bicyclic) bond motifs is 1. The first-order chi connectivity index (χ1) is 11.7. The molecule has 4 rings (SSSR count). The fourth-order valence-corrected chi connectivity index (χ4v) is 5.32. The van der Waals surface area contributed by atoms with Gasteiger partial charge >= 0.3 is 0 Å². The van der Waals surface area contributed by atoms with E-state index in [1.54, 1.807) is 0 Å². The summed E-state index contributed by atoms with van der Waals surface area (Å²) in [5.41, 5.74) is 0. The van der Waals surface area contributed by atoms with Gasteiger partial charge in [0.1, 0.15) is 0 Å². The van der Waals surface area contributed by atoms with Crippen molar-refractivity contribution in [2.75, 3.05) is 32.8 Å². The van der Waals surface area contributed by atoms with Crippen LogP contribution in [-0.4, -0.2) is 70.6 Å². The summed E-state index contributed by atoms with van der Waals surface area (Å²) in [5.74, 6) is 1.59. The summed E-state index contributed by atoms with van der Waals surface area (Å²) < 4.78 is 7.68. The Bertz CT molecular complexity index is 511. The summed E-state index contributed by atoms with van der Waals surface area (Å²) >= 11 is 0. The molecule has 3 aliphatic heterocycles. The third-order valence-corrected chi connectivity index (χ3v) is 6.25. The summed E-state index contributed by atoms with van der Waals surface area (Å²) in [6, 6.07) is 4.05. The summed E-state index contributed by atoms with van der Waals surface area (Å²) in [5, 5.41) is 4.44. The Labute approximate surface area is 145 Å². The van der Waals surface area contributed by atoms with Crippen LogP contribution in [0.2, 0.25) is 0 Å². The second-order valence-electron chi connectivity index (χ2n) is 8.26. The molecule has 3 fully saturated rings. The van der Waals surface area contributed by atoms with Crippen molar-refractivity contribution in [3.05, 3.63) is 18.5 Å². The van der Waals surface area contributed by atoms with E-state index in [9.17, 15) is 0 Å². The van der Waals surface area contributed by atoms with Gasteiger partial charge in [0.05, 0.1) is 13.2 Å². The first-order valence-electron chi connectivity index (χ1n) is 9.75. The number of ether oxygens (including phenoxy) is 1. The highest BCUT2D eigenvalue weighted by atomic mass is 16.5. The van der Waals surface area contributed by atoms with Crippen molar-refractivity contribution < 1.29 is 4.74 Å². The Morgan fingerprint density at radius 3 is 2.88 bits per heavy atom. The second kappa shape index (κ2) is 7.14. The molecule has 0 bridgehead atoms. The minimum atomic E-state index is 0.621. The molecule has 0 aromatic carbocycles. The molecule has 3 aliphatic rings. The molecule has 0 radical (unpaired) electrons. The number of likely N-dealkylation sites (tertiary alicyclic amines) is 2. The molecular formula is C19H32N4O. The fraction of sp³-hybridized carbons (Fsp3) is 0.842. The van der Waals surface area contributed by atoms with Crippen molar-refractivity contribution in [3.63, 3.8) is 0 Å². The van der Waals surface area contributed by atoms with Gasteiger partial charge < -0.3 is 9.64 Å². The third kappa shape index (κ3) is 3.39. The molecule has 0 N–H and O–H groups in total. The molecule has 5 heteroatoms. The molecule has 0 amide bonds. The molecule has 24 heavy (non-hydrogen) atoms. The first-order valence-corrected chi connectivity index (χ1v) is 9.75. The van der Waals surface area contributed by atoms with Crippen molar-refractivity contribution >= 4 is 0 Å². The van der Waals surface area contributed by atoms with Crippen LogP contribution >= 0.6 is 0 Å². The molecule has 1 unspecified atom stereocenters. The standard InChI is InChI=1S/C19H32N4O/c1-15(2)23-18(13-22-7-3-6-20-22)10-17-12-21(8-4-19(17)23)11-16-5-9-24-14-16/h3,6-7,15-19H,4-5,8-14H2,1-2H3/t16?,17-,18+,19+/m1/s1. The van der Waals surface area contributed by atoms with Crippen LogP contribution in [0.5, 0.6) is 0 Å². The van der Waals surface area contributed by atoms with E-state index in [2.05, 4.69) is 39.6 Å². The minimum absolute atomic E-state index is 0.621. The highest BCUT2D eigenvalue weighted by molar-refractivity contribution is 4.99. The number of nitrogens with zero attached hydrogens (tertiary/aromatic N) is 4. The van der Waals surface area contributed by atoms with Crippen LogP contribution in [0.25, 0.3) is 0 Å². The van der Waals surface area contributed by atoms with Crippen molar-refractivity contribution in [1.29, 1.82) is 0 Å². The molecule has 4 atom stereocenters. The van der Waals surface area contributed by atoms with E-state index >= 15 is 0 Å². The van der Waals surface area contributed by atoms with Crippen LogP contribution in [0, 0.1) is 11.8 Å². The normalized spacial score (nSPS) is 35.0. The Hall–Kier alpha value is -0.910. The summed E-state index contributed by atoms with van der Waals surface area (Å²) in [6.07, 6.45) is 7.90. The van der Waals surface area contributed by atoms with E-state index in [-0.39, 0.29) is 0 Å². The summed E-state index contributed by atoms with van der Waals surface area (Å²) in [7, 11) is 0.